The van der Waals surface area contributed by atoms with Crippen molar-refractivity contribution in [3.05, 3.63) is 70.9 Å². The minimum Gasteiger partial charge on any atom is -0.493 e. The number of pyridine rings is 1. The molecule has 0 aliphatic carbocycles. The van der Waals surface area contributed by atoms with E-state index in [1.165, 1.54) is 4.90 Å². The van der Waals surface area contributed by atoms with E-state index in [-0.39, 0.29) is 17.6 Å². The van der Waals surface area contributed by atoms with Gasteiger partial charge in [0, 0.05) is 22.9 Å². The van der Waals surface area contributed by atoms with Crippen LogP contribution in [0.2, 0.25) is 5.15 Å². The number of hydrogen-bond acceptors (Lipinski definition) is 4. The van der Waals surface area contributed by atoms with Gasteiger partial charge in [0.05, 0.1) is 18.7 Å². The summed E-state index contributed by atoms with van der Waals surface area (Å²) in [6.07, 6.45) is 0.384. The maximum atomic E-state index is 13.4. The van der Waals surface area contributed by atoms with Gasteiger partial charge in [-0.05, 0) is 18.2 Å². The minimum absolute atomic E-state index is 0.0616. The molecule has 1 fully saturated rings. The van der Waals surface area contributed by atoms with Crippen LogP contribution in [-0.2, 0) is 16.9 Å². The zero-order chi connectivity index (χ0) is 19.3. The molecule has 7 heteroatoms. The molecule has 1 saturated heterocycles. The number of benzene rings is 2. The predicted octanol–water partition coefficient (Wildman–Crippen LogP) is 3.62. The molecule has 2 aliphatic rings. The maximum Gasteiger partial charge on any atom is 0.325 e. The molecule has 140 valence electrons. The summed E-state index contributed by atoms with van der Waals surface area (Å²) in [6, 6.07) is 16.3. The second kappa shape index (κ2) is 6.21. The third kappa shape index (κ3) is 2.45. The van der Waals surface area contributed by atoms with Gasteiger partial charge in [-0.15, -0.1) is 0 Å². The first-order chi connectivity index (χ1) is 13.6. The number of carbonyl (C=O) groups excluding carboxylic acids is 2. The number of hydrogen-bond donors (Lipinski definition) is 1. The number of ether oxygens (including phenoxy) is 1. The highest BCUT2D eigenvalue weighted by molar-refractivity contribution is 6.30. The van der Waals surface area contributed by atoms with E-state index in [1.807, 2.05) is 54.6 Å². The van der Waals surface area contributed by atoms with E-state index in [0.29, 0.717) is 29.9 Å². The van der Waals surface area contributed by atoms with Gasteiger partial charge in [-0.2, -0.15) is 0 Å². The van der Waals surface area contributed by atoms with Crippen LogP contribution in [0, 0.1) is 0 Å². The number of urea groups is 1. The van der Waals surface area contributed by atoms with Crippen LogP contribution in [0.25, 0.3) is 10.9 Å². The summed E-state index contributed by atoms with van der Waals surface area (Å²) in [5.41, 5.74) is 0.984. The molecule has 6 nitrogen and oxygen atoms in total. The predicted molar refractivity (Wildman–Crippen MR) is 104 cm³/mol. The molecule has 0 radical (unpaired) electrons. The van der Waals surface area contributed by atoms with Crippen molar-refractivity contribution in [2.45, 2.75) is 18.5 Å². The second-order valence-electron chi connectivity index (χ2n) is 6.95. The number of rotatable bonds is 2. The normalized spacial score (nSPS) is 21.0. The molecule has 1 unspecified atom stereocenters. The summed E-state index contributed by atoms with van der Waals surface area (Å²) in [4.78, 5) is 31.7. The highest BCUT2D eigenvalue weighted by Gasteiger charge is 2.54. The lowest BCUT2D eigenvalue weighted by molar-refractivity contribution is -0.133. The summed E-state index contributed by atoms with van der Waals surface area (Å²) in [6.45, 7) is 0.418. The first-order valence-electron chi connectivity index (χ1n) is 8.99. The first-order valence-corrected chi connectivity index (χ1v) is 9.37. The SMILES string of the molecule is O=C1NC2(CCOc3ccccc32)C(=O)N1Cc1cc2ccccc2nc1Cl. The van der Waals surface area contributed by atoms with E-state index in [9.17, 15) is 9.59 Å². The number of fused-ring (bicyclic) bond motifs is 3. The summed E-state index contributed by atoms with van der Waals surface area (Å²) in [5, 5.41) is 4.08. The van der Waals surface area contributed by atoms with E-state index in [0.717, 1.165) is 10.9 Å². The standard InChI is InChI=1S/C21H16ClN3O3/c22-18-14(11-13-5-1-3-7-16(13)23-18)12-25-19(26)21(24-20(25)27)9-10-28-17-8-4-2-6-15(17)21/h1-8,11H,9-10,12H2,(H,24,27). The molecule has 1 atom stereocenters. The third-order valence-corrected chi connectivity index (χ3v) is 5.66. The van der Waals surface area contributed by atoms with Crippen LogP contribution in [0.15, 0.2) is 54.6 Å². The number of nitrogens with zero attached hydrogens (tertiary/aromatic N) is 2. The summed E-state index contributed by atoms with van der Waals surface area (Å²) in [7, 11) is 0. The maximum absolute atomic E-state index is 13.4. The number of aromatic nitrogens is 1. The molecule has 1 spiro atoms. The second-order valence-corrected chi connectivity index (χ2v) is 7.31. The minimum atomic E-state index is -1.09. The van der Waals surface area contributed by atoms with Crippen molar-refractivity contribution in [3.8, 4) is 5.75 Å². The molecule has 0 saturated carbocycles. The lowest BCUT2D eigenvalue weighted by atomic mass is 9.84. The molecule has 1 aromatic heterocycles. The Bertz CT molecular complexity index is 1130. The number of amides is 3. The number of halogens is 1. The molecule has 1 N–H and O–H groups in total. The largest absolute Gasteiger partial charge is 0.493 e. The van der Waals surface area contributed by atoms with Gasteiger partial charge >= 0.3 is 6.03 Å². The van der Waals surface area contributed by atoms with Crippen molar-refractivity contribution in [3.63, 3.8) is 0 Å². The fourth-order valence-corrected chi connectivity index (χ4v) is 4.14. The fourth-order valence-electron chi connectivity index (χ4n) is 3.93. The molecule has 2 aromatic carbocycles. The highest BCUT2D eigenvalue weighted by Crippen LogP contribution is 2.41. The van der Waals surface area contributed by atoms with Crippen LogP contribution in [0.1, 0.15) is 17.5 Å². The summed E-state index contributed by atoms with van der Waals surface area (Å²) in [5.74, 6) is 0.326. The highest BCUT2D eigenvalue weighted by atomic mass is 35.5. The monoisotopic (exact) mass is 393 g/mol. The Hall–Kier alpha value is -3.12. The molecule has 3 heterocycles. The van der Waals surface area contributed by atoms with E-state index in [2.05, 4.69) is 10.3 Å². The molecule has 3 aromatic rings. The van der Waals surface area contributed by atoms with Crippen LogP contribution in [-0.4, -0.2) is 28.4 Å². The van der Waals surface area contributed by atoms with E-state index in [4.69, 9.17) is 16.3 Å². The van der Waals surface area contributed by atoms with Crippen LogP contribution >= 0.6 is 11.6 Å². The van der Waals surface area contributed by atoms with Crippen molar-refractivity contribution < 1.29 is 14.3 Å². The quantitative estimate of drug-likeness (QED) is 0.533. The van der Waals surface area contributed by atoms with Crippen LogP contribution in [0.5, 0.6) is 5.75 Å². The number of para-hydroxylation sites is 2. The van der Waals surface area contributed by atoms with Gasteiger partial charge in [-0.3, -0.25) is 9.69 Å². The van der Waals surface area contributed by atoms with E-state index in [1.54, 1.807) is 0 Å². The lowest BCUT2D eigenvalue weighted by Gasteiger charge is -2.33. The Morgan fingerprint density at radius 3 is 2.82 bits per heavy atom. The van der Waals surface area contributed by atoms with Crippen LogP contribution in [0.3, 0.4) is 0 Å². The average molecular weight is 394 g/mol. The van der Waals surface area contributed by atoms with Gasteiger partial charge in [0.1, 0.15) is 10.9 Å². The molecule has 2 aliphatic heterocycles. The average Bonchev–Trinajstić information content (AvgIpc) is 2.93. The Kier molecular flexibility index (Phi) is 3.77. The Morgan fingerprint density at radius 1 is 1.14 bits per heavy atom. The van der Waals surface area contributed by atoms with Crippen molar-refractivity contribution >= 4 is 34.4 Å². The van der Waals surface area contributed by atoms with Crippen LogP contribution < -0.4 is 10.1 Å². The molecule has 28 heavy (non-hydrogen) atoms. The Balaban J connectivity index is 1.52. The lowest BCUT2D eigenvalue weighted by Crippen LogP contribution is -2.47. The Morgan fingerprint density at radius 2 is 1.93 bits per heavy atom. The summed E-state index contributed by atoms with van der Waals surface area (Å²) < 4.78 is 5.66. The topological polar surface area (TPSA) is 71.5 Å². The van der Waals surface area contributed by atoms with Crippen LogP contribution in [0.4, 0.5) is 4.79 Å². The van der Waals surface area contributed by atoms with E-state index < -0.39 is 11.6 Å². The van der Waals surface area contributed by atoms with Gasteiger partial charge in [-0.25, -0.2) is 9.78 Å². The van der Waals surface area contributed by atoms with Gasteiger partial charge in [-0.1, -0.05) is 48.0 Å². The van der Waals surface area contributed by atoms with Crippen molar-refractivity contribution in [1.82, 2.24) is 15.2 Å². The van der Waals surface area contributed by atoms with Gasteiger partial charge < -0.3 is 10.1 Å². The zero-order valence-electron chi connectivity index (χ0n) is 14.8. The summed E-state index contributed by atoms with van der Waals surface area (Å²) >= 11 is 6.33. The van der Waals surface area contributed by atoms with Gasteiger partial charge in [0.25, 0.3) is 5.91 Å². The van der Waals surface area contributed by atoms with E-state index >= 15 is 0 Å². The molecule has 5 rings (SSSR count). The van der Waals surface area contributed by atoms with Gasteiger partial charge in [0.15, 0.2) is 5.54 Å². The molecule has 0 bridgehead atoms. The Labute approximate surface area is 166 Å². The number of nitrogens with one attached hydrogen (secondary N) is 1. The molecule has 3 amide bonds. The molecular formula is C21H16ClN3O3. The third-order valence-electron chi connectivity index (χ3n) is 5.34. The first kappa shape index (κ1) is 17.0. The van der Waals surface area contributed by atoms with Crippen molar-refractivity contribution in [1.29, 1.82) is 0 Å². The number of carbonyl (C=O) groups is 2. The van der Waals surface area contributed by atoms with Crippen molar-refractivity contribution in [2.75, 3.05) is 6.61 Å². The smallest absolute Gasteiger partial charge is 0.325 e. The fraction of sp³-hybridized carbons (Fsp3) is 0.190. The number of imide groups is 1. The molecular weight excluding hydrogens is 378 g/mol. The zero-order valence-corrected chi connectivity index (χ0v) is 15.6. The van der Waals surface area contributed by atoms with Crippen molar-refractivity contribution in [2.24, 2.45) is 0 Å². The van der Waals surface area contributed by atoms with Gasteiger partial charge in [0.2, 0.25) is 0 Å².